The van der Waals surface area contributed by atoms with Crippen molar-refractivity contribution in [2.24, 2.45) is 5.92 Å². The molecule has 1 saturated carbocycles. The van der Waals surface area contributed by atoms with Crippen molar-refractivity contribution in [2.75, 3.05) is 25.1 Å². The summed E-state index contributed by atoms with van der Waals surface area (Å²) in [4.78, 5) is 30.4. The van der Waals surface area contributed by atoms with Crippen molar-refractivity contribution in [2.45, 2.75) is 31.4 Å². The summed E-state index contributed by atoms with van der Waals surface area (Å²) in [6.07, 6.45) is 2.93. The number of hydrogen-bond donors (Lipinski definition) is 2. The number of methoxy groups -OCH3 is 1. The van der Waals surface area contributed by atoms with Gasteiger partial charge in [0.15, 0.2) is 11.6 Å². The van der Waals surface area contributed by atoms with Crippen molar-refractivity contribution in [1.82, 2.24) is 9.55 Å². The van der Waals surface area contributed by atoms with Crippen molar-refractivity contribution in [3.8, 4) is 5.75 Å². The van der Waals surface area contributed by atoms with Crippen LogP contribution in [-0.4, -0.2) is 45.9 Å². The van der Waals surface area contributed by atoms with E-state index in [9.17, 15) is 19.8 Å². The number of fused-ring (bicyclic) bond motifs is 1. The fourth-order valence-electron chi connectivity index (χ4n) is 4.58. The molecule has 8 nitrogen and oxygen atoms in total. The third-order valence-corrected chi connectivity index (χ3v) is 6.92. The van der Waals surface area contributed by atoms with E-state index >= 15 is 4.39 Å². The van der Waals surface area contributed by atoms with Crippen LogP contribution in [-0.2, 0) is 0 Å². The van der Waals surface area contributed by atoms with Gasteiger partial charge in [0.1, 0.15) is 17.4 Å². The molecule has 2 N–H and O–H groups in total. The molecule has 2 unspecified atom stereocenters. The summed E-state index contributed by atoms with van der Waals surface area (Å²) >= 11 is 1.41. The van der Waals surface area contributed by atoms with E-state index in [0.29, 0.717) is 30.7 Å². The molecule has 0 amide bonds. The molecule has 2 fully saturated rings. The number of carbonyl (C=O) groups is 1. The number of ether oxygens (including phenoxy) is 1. The first-order valence-electron chi connectivity index (χ1n) is 10.4. The molecular weight excluding hydrogens is 437 g/mol. The van der Waals surface area contributed by atoms with Crippen LogP contribution in [0.2, 0.25) is 0 Å². The summed E-state index contributed by atoms with van der Waals surface area (Å²) in [6.45, 7) is 0.907. The lowest BCUT2D eigenvalue weighted by Gasteiger charge is -2.25. The maximum absolute atomic E-state index is 15.4. The Balaban J connectivity index is 1.62. The molecule has 0 bridgehead atoms. The van der Waals surface area contributed by atoms with E-state index < -0.39 is 23.3 Å². The maximum atomic E-state index is 15.4. The van der Waals surface area contributed by atoms with Gasteiger partial charge in [-0.1, -0.05) is 0 Å². The smallest absolute Gasteiger partial charge is 0.341 e. The fourth-order valence-corrected chi connectivity index (χ4v) is 5.16. The number of rotatable bonds is 6. The van der Waals surface area contributed by atoms with Crippen LogP contribution < -0.4 is 15.1 Å². The molecular formula is C22H22FN3O5S. The first-order valence-corrected chi connectivity index (χ1v) is 11.3. The van der Waals surface area contributed by atoms with Crippen LogP contribution in [0.4, 0.5) is 10.1 Å². The summed E-state index contributed by atoms with van der Waals surface area (Å²) in [6, 6.07) is 1.16. The van der Waals surface area contributed by atoms with Gasteiger partial charge in [0.05, 0.1) is 29.2 Å². The largest absolute Gasteiger partial charge is 0.492 e. The molecule has 2 atom stereocenters. The fraction of sp³-hybridized carbons (Fsp3) is 0.409. The second-order valence-electron chi connectivity index (χ2n) is 8.30. The van der Waals surface area contributed by atoms with E-state index in [1.165, 1.54) is 24.6 Å². The van der Waals surface area contributed by atoms with Crippen LogP contribution in [0.3, 0.4) is 0 Å². The Hall–Kier alpha value is -2.98. The van der Waals surface area contributed by atoms with Gasteiger partial charge in [-0.2, -0.15) is 0 Å². The highest BCUT2D eigenvalue weighted by atomic mass is 32.1. The van der Waals surface area contributed by atoms with Crippen molar-refractivity contribution in [3.63, 3.8) is 0 Å². The topological polar surface area (TPSA) is 105 Å². The number of nitrogens with zero attached hydrogens (tertiary/aromatic N) is 3. The molecule has 1 aliphatic carbocycles. The molecule has 1 aliphatic heterocycles. The average molecular weight is 459 g/mol. The van der Waals surface area contributed by atoms with Crippen LogP contribution in [0, 0.1) is 11.7 Å². The highest BCUT2D eigenvalue weighted by Gasteiger charge is 2.35. The van der Waals surface area contributed by atoms with Gasteiger partial charge in [0.2, 0.25) is 5.43 Å². The van der Waals surface area contributed by atoms with E-state index in [2.05, 4.69) is 4.98 Å². The second kappa shape index (κ2) is 7.86. The molecule has 32 heavy (non-hydrogen) atoms. The summed E-state index contributed by atoms with van der Waals surface area (Å²) in [5.74, 6) is -1.91. The van der Waals surface area contributed by atoms with E-state index in [4.69, 9.17) is 4.74 Å². The molecule has 2 aromatic heterocycles. The zero-order valence-electron chi connectivity index (χ0n) is 17.3. The number of aromatic carboxylic acids is 1. The highest BCUT2D eigenvalue weighted by Crippen LogP contribution is 2.45. The summed E-state index contributed by atoms with van der Waals surface area (Å²) in [5, 5.41) is 21.9. The first kappa shape index (κ1) is 20.9. The van der Waals surface area contributed by atoms with Crippen molar-refractivity contribution in [3.05, 3.63) is 50.5 Å². The van der Waals surface area contributed by atoms with Crippen molar-refractivity contribution < 1.29 is 24.1 Å². The Labute approximate surface area is 186 Å². The Morgan fingerprint density at radius 3 is 2.78 bits per heavy atom. The van der Waals surface area contributed by atoms with Gasteiger partial charge in [0.25, 0.3) is 0 Å². The molecule has 5 rings (SSSR count). The number of anilines is 1. The maximum Gasteiger partial charge on any atom is 0.341 e. The second-order valence-corrected chi connectivity index (χ2v) is 9.02. The van der Waals surface area contributed by atoms with E-state index in [1.54, 1.807) is 15.5 Å². The number of benzene rings is 1. The van der Waals surface area contributed by atoms with Gasteiger partial charge in [-0.25, -0.2) is 14.2 Å². The molecule has 168 valence electrons. The molecule has 3 heterocycles. The minimum absolute atomic E-state index is 0.00634. The van der Waals surface area contributed by atoms with Gasteiger partial charge in [-0.15, -0.1) is 11.3 Å². The molecule has 10 heteroatoms. The number of aliphatic hydroxyl groups is 1. The lowest BCUT2D eigenvalue weighted by atomic mass is 10.00. The number of pyridine rings is 1. The number of hydrogen-bond acceptors (Lipinski definition) is 7. The quantitative estimate of drug-likeness (QED) is 0.583. The van der Waals surface area contributed by atoms with Gasteiger partial charge >= 0.3 is 5.97 Å². The third kappa shape index (κ3) is 3.34. The molecule has 0 spiro atoms. The summed E-state index contributed by atoms with van der Waals surface area (Å²) < 4.78 is 22.8. The molecule has 0 radical (unpaired) electrons. The van der Waals surface area contributed by atoms with E-state index in [-0.39, 0.29) is 34.3 Å². The minimum atomic E-state index is -1.34. The molecule has 3 aromatic rings. The summed E-state index contributed by atoms with van der Waals surface area (Å²) in [7, 11) is 1.42. The van der Waals surface area contributed by atoms with E-state index in [1.807, 2.05) is 4.90 Å². The van der Waals surface area contributed by atoms with Crippen LogP contribution >= 0.6 is 11.3 Å². The lowest BCUT2D eigenvalue weighted by Crippen LogP contribution is -2.25. The van der Waals surface area contributed by atoms with E-state index in [0.717, 1.165) is 18.9 Å². The third-order valence-electron chi connectivity index (χ3n) is 6.31. The van der Waals surface area contributed by atoms with Crippen LogP contribution in [0.1, 0.15) is 47.5 Å². The number of halogens is 1. The zero-order chi connectivity index (χ0) is 22.6. The predicted molar refractivity (Wildman–Crippen MR) is 117 cm³/mol. The minimum Gasteiger partial charge on any atom is -0.492 e. The number of aliphatic hydroxyl groups excluding tert-OH is 1. The standard InChI is InChI=1S/C22H22FN3O5S/c1-31-21-17-13(20(28)14(22(29)30)8-26(17)12-2-3-12)6-15(23)18(21)25-5-4-11(7-25)19(27)16-9-32-10-24-16/h6,8-12,19,27H,2-5,7H2,1H3,(H,29,30). The Kier molecular flexibility index (Phi) is 5.13. The number of carboxylic acid groups (broad SMARTS) is 1. The predicted octanol–water partition coefficient (Wildman–Crippen LogP) is 3.20. The molecule has 1 aromatic carbocycles. The Morgan fingerprint density at radius 2 is 2.16 bits per heavy atom. The Morgan fingerprint density at radius 1 is 1.38 bits per heavy atom. The first-order chi connectivity index (χ1) is 15.4. The highest BCUT2D eigenvalue weighted by molar-refractivity contribution is 7.07. The number of thiazole rings is 1. The van der Waals surface area contributed by atoms with Gasteiger partial charge < -0.3 is 24.4 Å². The van der Waals surface area contributed by atoms with Gasteiger partial charge in [0, 0.05) is 36.6 Å². The van der Waals surface area contributed by atoms with Crippen LogP contribution in [0.25, 0.3) is 10.9 Å². The van der Waals surface area contributed by atoms with Crippen LogP contribution in [0.5, 0.6) is 5.75 Å². The van der Waals surface area contributed by atoms with Crippen molar-refractivity contribution in [1.29, 1.82) is 0 Å². The Bertz CT molecular complexity index is 1250. The molecule has 2 aliphatic rings. The summed E-state index contributed by atoms with van der Waals surface area (Å²) in [5.41, 5.74) is 1.80. The van der Waals surface area contributed by atoms with Crippen LogP contribution in [0.15, 0.2) is 27.9 Å². The number of aromatic nitrogens is 2. The lowest BCUT2D eigenvalue weighted by molar-refractivity contribution is 0.0694. The zero-order valence-corrected chi connectivity index (χ0v) is 18.1. The SMILES string of the molecule is COc1c(N2CCC(C(O)c3cscn3)C2)c(F)cc2c(=O)c(C(=O)O)cn(C3CC3)c12. The van der Waals surface area contributed by atoms with Gasteiger partial charge in [-0.3, -0.25) is 4.79 Å². The van der Waals surface area contributed by atoms with Crippen molar-refractivity contribution >= 4 is 33.9 Å². The molecule has 1 saturated heterocycles. The monoisotopic (exact) mass is 459 g/mol. The number of carboxylic acids is 1. The average Bonchev–Trinajstić information content (AvgIpc) is 3.25. The normalized spacial score (nSPS) is 19.5. The van der Waals surface area contributed by atoms with Gasteiger partial charge in [-0.05, 0) is 25.3 Å².